The van der Waals surface area contributed by atoms with E-state index in [0.29, 0.717) is 24.4 Å². The molecule has 2 amide bonds. The third-order valence-corrected chi connectivity index (χ3v) is 8.24. The molecule has 7 rings (SSSR count). The zero-order chi connectivity index (χ0) is 25.9. The van der Waals surface area contributed by atoms with Gasteiger partial charge in [0.1, 0.15) is 17.8 Å². The minimum absolute atomic E-state index is 0.0669. The molecule has 3 aromatic carbocycles. The van der Waals surface area contributed by atoms with Crippen LogP contribution in [0.3, 0.4) is 0 Å². The molecule has 38 heavy (non-hydrogen) atoms. The fourth-order valence-electron chi connectivity index (χ4n) is 6.35. The Morgan fingerprint density at radius 3 is 2.71 bits per heavy atom. The molecule has 2 N–H and O–H groups in total. The second kappa shape index (κ2) is 8.52. The summed E-state index contributed by atoms with van der Waals surface area (Å²) in [6, 6.07) is 24.1. The van der Waals surface area contributed by atoms with Gasteiger partial charge in [-0.25, -0.2) is 9.97 Å². The van der Waals surface area contributed by atoms with Gasteiger partial charge < -0.3 is 15.5 Å². The fourth-order valence-corrected chi connectivity index (χ4v) is 6.35. The number of fused-ring (bicyclic) bond motifs is 4. The number of carbonyl (C=O) groups excluding carboxylic acids is 2. The van der Waals surface area contributed by atoms with Gasteiger partial charge in [-0.15, -0.1) is 0 Å². The van der Waals surface area contributed by atoms with Gasteiger partial charge in [-0.1, -0.05) is 49.4 Å². The number of benzene rings is 3. The normalized spacial score (nSPS) is 20.7. The number of hydrogen-bond donors (Lipinski definition) is 2. The number of anilines is 4. The highest BCUT2D eigenvalue weighted by Crippen LogP contribution is 2.47. The van der Waals surface area contributed by atoms with Gasteiger partial charge >= 0.3 is 0 Å². The standard InChI is InChI=1S/C31H27N5O2/c1-2-23-14-19-7-3-6-10-27(19)36(23)29(37)26-15-28(33-18-32-26)34-22-12-11-20-16-31(17-21(20)13-22)24-8-4-5-9-25(24)35-30(31)38/h3-13,15,18,23H,2,14,16-17H2,1H3,(H,35,38)(H,32,33,34). The average molecular weight is 502 g/mol. The number of carbonyl (C=O) groups is 2. The van der Waals surface area contributed by atoms with E-state index in [1.54, 1.807) is 6.07 Å². The van der Waals surface area contributed by atoms with Gasteiger partial charge in [-0.05, 0) is 72.2 Å². The lowest BCUT2D eigenvalue weighted by Gasteiger charge is -2.24. The number of rotatable bonds is 4. The molecular weight excluding hydrogens is 474 g/mol. The third-order valence-electron chi connectivity index (χ3n) is 8.24. The maximum absolute atomic E-state index is 13.6. The molecule has 2 unspecified atom stereocenters. The van der Waals surface area contributed by atoms with E-state index in [9.17, 15) is 9.59 Å². The summed E-state index contributed by atoms with van der Waals surface area (Å²) in [4.78, 5) is 37.2. The van der Waals surface area contributed by atoms with Gasteiger partial charge in [0, 0.05) is 29.2 Å². The van der Waals surface area contributed by atoms with E-state index < -0.39 is 5.41 Å². The summed E-state index contributed by atoms with van der Waals surface area (Å²) >= 11 is 0. The van der Waals surface area contributed by atoms with E-state index in [4.69, 9.17) is 0 Å². The Bertz CT molecular complexity index is 1620. The molecule has 3 heterocycles. The molecule has 0 fully saturated rings. The van der Waals surface area contributed by atoms with Crippen molar-refractivity contribution < 1.29 is 9.59 Å². The van der Waals surface area contributed by atoms with Crippen molar-refractivity contribution in [1.29, 1.82) is 0 Å². The summed E-state index contributed by atoms with van der Waals surface area (Å²) in [7, 11) is 0. The lowest BCUT2D eigenvalue weighted by molar-refractivity contribution is -0.120. The molecule has 0 saturated carbocycles. The number of nitrogens with zero attached hydrogens (tertiary/aromatic N) is 3. The maximum atomic E-state index is 13.6. The van der Waals surface area contributed by atoms with Crippen LogP contribution in [0.5, 0.6) is 0 Å². The van der Waals surface area contributed by atoms with Crippen molar-refractivity contribution >= 4 is 34.7 Å². The van der Waals surface area contributed by atoms with Gasteiger partial charge in [0.2, 0.25) is 5.91 Å². The van der Waals surface area contributed by atoms with Crippen molar-refractivity contribution in [3.8, 4) is 0 Å². The van der Waals surface area contributed by atoms with Crippen molar-refractivity contribution in [2.24, 2.45) is 0 Å². The molecule has 1 aromatic heterocycles. The summed E-state index contributed by atoms with van der Waals surface area (Å²) < 4.78 is 0. The van der Waals surface area contributed by atoms with Crippen molar-refractivity contribution in [3.05, 3.63) is 107 Å². The lowest BCUT2D eigenvalue weighted by Crippen LogP contribution is -2.37. The van der Waals surface area contributed by atoms with Crippen LogP contribution < -0.4 is 15.5 Å². The maximum Gasteiger partial charge on any atom is 0.277 e. The highest BCUT2D eigenvalue weighted by molar-refractivity contribution is 6.08. The van der Waals surface area contributed by atoms with E-state index in [1.165, 1.54) is 17.5 Å². The van der Waals surface area contributed by atoms with Gasteiger partial charge in [0.05, 0.1) is 5.41 Å². The minimum Gasteiger partial charge on any atom is -0.340 e. The van der Waals surface area contributed by atoms with Gasteiger partial charge in [-0.2, -0.15) is 0 Å². The second-order valence-electron chi connectivity index (χ2n) is 10.4. The predicted octanol–water partition coefficient (Wildman–Crippen LogP) is 5.19. The Morgan fingerprint density at radius 1 is 1.00 bits per heavy atom. The topological polar surface area (TPSA) is 87.2 Å². The molecule has 1 spiro atoms. The highest BCUT2D eigenvalue weighted by atomic mass is 16.2. The summed E-state index contributed by atoms with van der Waals surface area (Å²) in [6.07, 6.45) is 4.50. The molecular formula is C31H27N5O2. The van der Waals surface area contributed by atoms with Crippen LogP contribution in [0.25, 0.3) is 0 Å². The molecule has 1 aliphatic carbocycles. The van der Waals surface area contributed by atoms with Crippen LogP contribution in [0.2, 0.25) is 0 Å². The molecule has 3 aliphatic rings. The SMILES string of the molecule is CCC1Cc2ccccc2N1C(=O)c1cc(Nc2ccc3c(c2)CC2(C3)C(=O)Nc3ccccc32)ncn1. The monoisotopic (exact) mass is 501 g/mol. The molecule has 7 heteroatoms. The van der Waals surface area contributed by atoms with Crippen molar-refractivity contribution in [3.63, 3.8) is 0 Å². The molecule has 4 aromatic rings. The van der Waals surface area contributed by atoms with E-state index in [-0.39, 0.29) is 17.9 Å². The summed E-state index contributed by atoms with van der Waals surface area (Å²) in [5.41, 5.74) is 7.13. The highest BCUT2D eigenvalue weighted by Gasteiger charge is 2.50. The number of nitrogens with one attached hydrogen (secondary N) is 2. The predicted molar refractivity (Wildman–Crippen MR) is 147 cm³/mol. The van der Waals surface area contributed by atoms with Gasteiger partial charge in [0.15, 0.2) is 0 Å². The Balaban J connectivity index is 1.14. The Morgan fingerprint density at radius 2 is 1.82 bits per heavy atom. The van der Waals surface area contributed by atoms with E-state index >= 15 is 0 Å². The van der Waals surface area contributed by atoms with Crippen LogP contribution in [-0.2, 0) is 29.5 Å². The smallest absolute Gasteiger partial charge is 0.277 e. The first-order valence-electron chi connectivity index (χ1n) is 13.1. The summed E-state index contributed by atoms with van der Waals surface area (Å²) in [6.45, 7) is 2.11. The van der Waals surface area contributed by atoms with Crippen molar-refractivity contribution in [2.45, 2.75) is 44.1 Å². The van der Waals surface area contributed by atoms with Gasteiger partial charge in [0.25, 0.3) is 5.91 Å². The fraction of sp³-hybridized carbons (Fsp3) is 0.226. The molecule has 0 bridgehead atoms. The molecule has 2 atom stereocenters. The molecule has 7 nitrogen and oxygen atoms in total. The Labute approximate surface area is 220 Å². The third kappa shape index (κ3) is 3.42. The van der Waals surface area contributed by atoms with Crippen LogP contribution in [0.1, 0.15) is 46.1 Å². The summed E-state index contributed by atoms with van der Waals surface area (Å²) in [5.74, 6) is 0.506. The zero-order valence-corrected chi connectivity index (χ0v) is 21.1. The lowest BCUT2D eigenvalue weighted by atomic mass is 9.79. The number of amides is 2. The summed E-state index contributed by atoms with van der Waals surface area (Å²) in [5, 5.41) is 6.42. The first kappa shape index (κ1) is 22.7. The van der Waals surface area contributed by atoms with E-state index in [1.807, 2.05) is 47.4 Å². The van der Waals surface area contributed by atoms with Gasteiger partial charge in [-0.3, -0.25) is 9.59 Å². The number of para-hydroxylation sites is 2. The van der Waals surface area contributed by atoms with E-state index in [2.05, 4.69) is 51.8 Å². The van der Waals surface area contributed by atoms with Crippen LogP contribution in [-0.4, -0.2) is 27.8 Å². The largest absolute Gasteiger partial charge is 0.340 e. The Hall–Kier alpha value is -4.52. The van der Waals surface area contributed by atoms with Crippen LogP contribution >= 0.6 is 0 Å². The number of aromatic nitrogens is 2. The van der Waals surface area contributed by atoms with Crippen LogP contribution in [0, 0.1) is 0 Å². The molecule has 188 valence electrons. The first-order chi connectivity index (χ1) is 18.6. The first-order valence-corrected chi connectivity index (χ1v) is 13.1. The zero-order valence-electron chi connectivity index (χ0n) is 21.1. The minimum atomic E-state index is -0.548. The Kier molecular flexibility index (Phi) is 5.08. The van der Waals surface area contributed by atoms with Crippen molar-refractivity contribution in [2.75, 3.05) is 15.5 Å². The molecule has 0 saturated heterocycles. The van der Waals surface area contributed by atoms with Crippen LogP contribution in [0.4, 0.5) is 22.9 Å². The molecule has 2 aliphatic heterocycles. The van der Waals surface area contributed by atoms with E-state index in [0.717, 1.165) is 41.0 Å². The second-order valence-corrected chi connectivity index (χ2v) is 10.4. The quantitative estimate of drug-likeness (QED) is 0.402. The number of hydrogen-bond acceptors (Lipinski definition) is 5. The average Bonchev–Trinajstić information content (AvgIpc) is 3.59. The molecule has 0 radical (unpaired) electrons. The van der Waals surface area contributed by atoms with Crippen LogP contribution in [0.15, 0.2) is 79.1 Å². The van der Waals surface area contributed by atoms with Crippen molar-refractivity contribution in [1.82, 2.24) is 9.97 Å².